The highest BCUT2D eigenvalue weighted by molar-refractivity contribution is 5.88. The number of nitrogens with zero attached hydrogens (tertiary/aromatic N) is 2. The predicted molar refractivity (Wildman–Crippen MR) is 103 cm³/mol. The summed E-state index contributed by atoms with van der Waals surface area (Å²) in [6.07, 6.45) is -5.40. The topological polar surface area (TPSA) is 61.9 Å². The number of anilines is 2. The van der Waals surface area contributed by atoms with Gasteiger partial charge in [0, 0.05) is 26.8 Å². The van der Waals surface area contributed by atoms with E-state index in [0.717, 1.165) is 13.1 Å². The number of ether oxygens (including phenoxy) is 1. The molecule has 1 unspecified atom stereocenters. The van der Waals surface area contributed by atoms with E-state index in [1.807, 2.05) is 0 Å². The van der Waals surface area contributed by atoms with Gasteiger partial charge in [-0.15, -0.1) is 0 Å². The van der Waals surface area contributed by atoms with Crippen LogP contribution in [0.4, 0.5) is 33.7 Å². The van der Waals surface area contributed by atoms with E-state index in [0.29, 0.717) is 10.6 Å². The number of amides is 2. The first-order valence-electron chi connectivity index (χ1n) is 8.84. The Labute approximate surface area is 167 Å². The number of likely N-dealkylation sites (N-methyl/N-ethyl adjacent to an activating group) is 1. The molecule has 1 rings (SSSR count). The van der Waals surface area contributed by atoms with Crippen LogP contribution in [0.5, 0.6) is 0 Å². The normalized spacial score (nSPS) is 12.9. The van der Waals surface area contributed by atoms with Gasteiger partial charge in [0.15, 0.2) is 0 Å². The highest BCUT2D eigenvalue weighted by atomic mass is 19.4. The molecule has 0 radical (unpaired) electrons. The Hall–Kier alpha value is -2.52. The molecule has 0 aliphatic carbocycles. The zero-order chi connectivity index (χ0) is 22.7. The Kier molecular flexibility index (Phi) is 7.50. The second-order valence-corrected chi connectivity index (χ2v) is 7.94. The zero-order valence-corrected chi connectivity index (χ0v) is 17.6. The Bertz CT molecular complexity index is 758. The molecule has 0 saturated carbocycles. The lowest BCUT2D eigenvalue weighted by atomic mass is 9.96. The molecule has 0 spiro atoms. The molecule has 1 aromatic carbocycles. The van der Waals surface area contributed by atoms with Crippen molar-refractivity contribution in [3.63, 3.8) is 0 Å². The smallest absolute Gasteiger partial charge is 0.412 e. The minimum atomic E-state index is -4.54. The van der Waals surface area contributed by atoms with Crippen molar-refractivity contribution in [3.8, 4) is 0 Å². The molecule has 6 nitrogen and oxygen atoms in total. The van der Waals surface area contributed by atoms with Crippen molar-refractivity contribution < 1.29 is 31.9 Å². The van der Waals surface area contributed by atoms with E-state index in [4.69, 9.17) is 4.74 Å². The van der Waals surface area contributed by atoms with Crippen LogP contribution in [-0.4, -0.2) is 56.4 Å². The zero-order valence-electron chi connectivity index (χ0n) is 17.6. The van der Waals surface area contributed by atoms with Crippen molar-refractivity contribution in [1.82, 2.24) is 4.90 Å². The third-order valence-electron chi connectivity index (χ3n) is 3.86. The number of hydrogen-bond donors (Lipinski definition) is 1. The molecule has 0 heterocycles. The van der Waals surface area contributed by atoms with Gasteiger partial charge in [0.25, 0.3) is 0 Å². The van der Waals surface area contributed by atoms with Gasteiger partial charge < -0.3 is 14.5 Å². The average Bonchev–Trinajstić information content (AvgIpc) is 2.51. The standard InChI is InChI=1S/C19H27F4N3O3/c1-11(16(27)26(7)10-19(21,22)23)12-8-13(20)14(9-15(12)25(5)6)24-17(28)29-18(2,3)4/h8-9,11H,10H2,1-7H3,(H,24,28). The van der Waals surface area contributed by atoms with Gasteiger partial charge in [0.1, 0.15) is 18.0 Å². The quantitative estimate of drug-likeness (QED) is 0.718. The van der Waals surface area contributed by atoms with Gasteiger partial charge in [-0.05, 0) is 45.4 Å². The van der Waals surface area contributed by atoms with Crippen molar-refractivity contribution in [2.24, 2.45) is 0 Å². The van der Waals surface area contributed by atoms with E-state index in [2.05, 4.69) is 5.32 Å². The Morgan fingerprint density at radius 3 is 2.14 bits per heavy atom. The highest BCUT2D eigenvalue weighted by Gasteiger charge is 2.33. The molecule has 1 N–H and O–H groups in total. The second-order valence-electron chi connectivity index (χ2n) is 7.94. The molecule has 0 saturated heterocycles. The SMILES string of the molecule is CC(C(=O)N(C)CC(F)(F)F)c1cc(F)c(NC(=O)OC(C)(C)C)cc1N(C)C. The highest BCUT2D eigenvalue weighted by Crippen LogP contribution is 2.33. The monoisotopic (exact) mass is 421 g/mol. The van der Waals surface area contributed by atoms with Crippen LogP contribution in [0.15, 0.2) is 12.1 Å². The predicted octanol–water partition coefficient (Wildman–Crippen LogP) is 4.36. The van der Waals surface area contributed by atoms with Crippen LogP contribution in [0.1, 0.15) is 39.2 Å². The van der Waals surface area contributed by atoms with Crippen LogP contribution < -0.4 is 10.2 Å². The molecule has 29 heavy (non-hydrogen) atoms. The van der Waals surface area contributed by atoms with E-state index < -0.39 is 42.1 Å². The number of carbonyl (C=O) groups is 2. The van der Waals surface area contributed by atoms with Gasteiger partial charge in [0.2, 0.25) is 5.91 Å². The molecule has 1 atom stereocenters. The third kappa shape index (κ3) is 7.43. The van der Waals surface area contributed by atoms with E-state index >= 15 is 0 Å². The lowest BCUT2D eigenvalue weighted by molar-refractivity contribution is -0.159. The first-order chi connectivity index (χ1) is 13.0. The van der Waals surface area contributed by atoms with Crippen molar-refractivity contribution >= 4 is 23.4 Å². The lowest BCUT2D eigenvalue weighted by Crippen LogP contribution is -2.38. The Morgan fingerprint density at radius 2 is 1.69 bits per heavy atom. The summed E-state index contributed by atoms with van der Waals surface area (Å²) in [5, 5.41) is 2.30. The van der Waals surface area contributed by atoms with Gasteiger partial charge in [-0.3, -0.25) is 10.1 Å². The molecular weight excluding hydrogens is 394 g/mol. The molecule has 1 aromatic rings. The molecule has 164 valence electrons. The number of halogens is 4. The van der Waals surface area contributed by atoms with Crippen molar-refractivity contribution in [2.75, 3.05) is 37.9 Å². The van der Waals surface area contributed by atoms with E-state index in [1.165, 1.54) is 13.0 Å². The van der Waals surface area contributed by atoms with Crippen LogP contribution in [0.2, 0.25) is 0 Å². The summed E-state index contributed by atoms with van der Waals surface area (Å²) in [7, 11) is 4.30. The molecule has 0 bridgehead atoms. The minimum absolute atomic E-state index is 0.171. The van der Waals surface area contributed by atoms with Gasteiger partial charge in [-0.1, -0.05) is 0 Å². The third-order valence-corrected chi connectivity index (χ3v) is 3.86. The van der Waals surface area contributed by atoms with Gasteiger partial charge in [0.05, 0.1) is 11.6 Å². The van der Waals surface area contributed by atoms with Gasteiger partial charge in [-0.25, -0.2) is 9.18 Å². The molecular formula is C19H27F4N3O3. The number of carbonyl (C=O) groups excluding carboxylic acids is 2. The number of nitrogens with one attached hydrogen (secondary N) is 1. The van der Waals surface area contributed by atoms with Crippen molar-refractivity contribution in [1.29, 1.82) is 0 Å². The summed E-state index contributed by atoms with van der Waals surface area (Å²) in [5.74, 6) is -2.68. The summed E-state index contributed by atoms with van der Waals surface area (Å²) in [6.45, 7) is 4.96. The molecule has 0 aromatic heterocycles. The molecule has 10 heteroatoms. The van der Waals surface area contributed by atoms with Gasteiger partial charge >= 0.3 is 12.3 Å². The maximum Gasteiger partial charge on any atom is 0.412 e. The maximum atomic E-state index is 14.6. The average molecular weight is 421 g/mol. The number of rotatable bonds is 5. The van der Waals surface area contributed by atoms with E-state index in [-0.39, 0.29) is 11.3 Å². The van der Waals surface area contributed by atoms with Crippen LogP contribution in [-0.2, 0) is 9.53 Å². The second kappa shape index (κ2) is 8.87. The number of hydrogen-bond acceptors (Lipinski definition) is 4. The Morgan fingerprint density at radius 1 is 1.14 bits per heavy atom. The molecule has 2 amide bonds. The largest absolute Gasteiger partial charge is 0.444 e. The number of alkyl halides is 3. The first kappa shape index (κ1) is 24.5. The fraction of sp³-hybridized carbons (Fsp3) is 0.579. The van der Waals surface area contributed by atoms with Crippen LogP contribution in [0, 0.1) is 5.82 Å². The summed E-state index contributed by atoms with van der Waals surface area (Å²) in [4.78, 5) is 26.5. The van der Waals surface area contributed by atoms with E-state index in [1.54, 1.807) is 39.8 Å². The Balaban J connectivity index is 3.20. The lowest BCUT2D eigenvalue weighted by Gasteiger charge is -2.27. The minimum Gasteiger partial charge on any atom is -0.444 e. The molecule has 0 aliphatic heterocycles. The summed E-state index contributed by atoms with van der Waals surface area (Å²) < 4.78 is 57.4. The first-order valence-corrected chi connectivity index (χ1v) is 8.84. The fourth-order valence-electron chi connectivity index (χ4n) is 2.63. The number of benzene rings is 1. The van der Waals surface area contributed by atoms with Crippen LogP contribution >= 0.6 is 0 Å². The van der Waals surface area contributed by atoms with E-state index in [9.17, 15) is 27.2 Å². The van der Waals surface area contributed by atoms with Crippen molar-refractivity contribution in [3.05, 3.63) is 23.5 Å². The van der Waals surface area contributed by atoms with Crippen LogP contribution in [0.25, 0.3) is 0 Å². The van der Waals surface area contributed by atoms with Crippen LogP contribution in [0.3, 0.4) is 0 Å². The molecule has 0 fully saturated rings. The fourth-order valence-corrected chi connectivity index (χ4v) is 2.63. The summed E-state index contributed by atoms with van der Waals surface area (Å²) in [5.41, 5.74) is -0.385. The van der Waals surface area contributed by atoms with Gasteiger partial charge in [-0.2, -0.15) is 13.2 Å². The summed E-state index contributed by atoms with van der Waals surface area (Å²) in [6, 6.07) is 2.34. The maximum absolute atomic E-state index is 14.6. The summed E-state index contributed by atoms with van der Waals surface area (Å²) >= 11 is 0. The molecule has 0 aliphatic rings. The van der Waals surface area contributed by atoms with Crippen molar-refractivity contribution in [2.45, 2.75) is 45.4 Å².